The van der Waals surface area contributed by atoms with Gasteiger partial charge in [0.1, 0.15) is 0 Å². The minimum Gasteiger partial charge on any atom is -0.352 e. The first-order valence-corrected chi connectivity index (χ1v) is 15.0. The van der Waals surface area contributed by atoms with E-state index in [0.717, 1.165) is 31.6 Å². The monoisotopic (exact) mass is 563 g/mol. The normalized spacial score (nSPS) is 21.2. The van der Waals surface area contributed by atoms with E-state index in [2.05, 4.69) is 24.1 Å². The van der Waals surface area contributed by atoms with Crippen molar-refractivity contribution in [3.05, 3.63) is 88.4 Å². The van der Waals surface area contributed by atoms with Crippen LogP contribution in [0, 0.1) is 11.8 Å². The number of carbonyl (C=O) groups is 2. The van der Waals surface area contributed by atoms with Gasteiger partial charge in [0.2, 0.25) is 0 Å². The summed E-state index contributed by atoms with van der Waals surface area (Å²) in [5, 5.41) is 3.60. The van der Waals surface area contributed by atoms with Gasteiger partial charge in [0, 0.05) is 30.2 Å². The second kappa shape index (κ2) is 12.0. The van der Waals surface area contributed by atoms with Crippen LogP contribution in [0.15, 0.2) is 76.5 Å². The van der Waals surface area contributed by atoms with E-state index in [-0.39, 0.29) is 18.4 Å². The number of benzene rings is 3. The van der Waals surface area contributed by atoms with Crippen molar-refractivity contribution in [2.75, 3.05) is 31.1 Å². The fourth-order valence-corrected chi connectivity index (χ4v) is 7.32. The molecule has 2 heterocycles. The Hall–Kier alpha value is -3.00. The standard InChI is InChI=1S/C31H34ClN3O3S/c1-21-15-22(2)19-34(18-21)14-6-13-33-30(36)24-11-12-29-27(17-24)35(20-23-7-5-8-25(32)16-23)31(37)26-9-3-4-10-28(26)39(29)38/h3-5,7-12,16-17,21-22H,6,13-15,18-20H2,1-2H3,(H,33,36)/t21-,22+,39-/m1/s1. The quantitative estimate of drug-likeness (QED) is 0.371. The molecule has 0 aromatic heterocycles. The molecule has 3 aromatic rings. The Bertz CT molecular complexity index is 1400. The highest BCUT2D eigenvalue weighted by Gasteiger charge is 2.31. The minimum absolute atomic E-state index is 0.208. The molecule has 3 atom stereocenters. The first-order chi connectivity index (χ1) is 18.8. The van der Waals surface area contributed by atoms with Crippen molar-refractivity contribution in [1.29, 1.82) is 0 Å². The molecule has 0 saturated carbocycles. The molecule has 0 spiro atoms. The molecule has 2 aliphatic heterocycles. The van der Waals surface area contributed by atoms with Crippen LogP contribution >= 0.6 is 11.6 Å². The highest BCUT2D eigenvalue weighted by atomic mass is 35.5. The van der Waals surface area contributed by atoms with Crippen LogP contribution in [0.2, 0.25) is 5.02 Å². The van der Waals surface area contributed by atoms with Crippen LogP contribution < -0.4 is 10.2 Å². The Morgan fingerprint density at radius 2 is 1.77 bits per heavy atom. The molecule has 8 heteroatoms. The van der Waals surface area contributed by atoms with Crippen molar-refractivity contribution < 1.29 is 13.8 Å². The predicted octanol–water partition coefficient (Wildman–Crippen LogP) is 5.76. The fourth-order valence-electron chi connectivity index (χ4n) is 5.76. The first-order valence-electron chi connectivity index (χ1n) is 13.5. The number of fused-ring (bicyclic) bond motifs is 2. The van der Waals surface area contributed by atoms with E-state index in [4.69, 9.17) is 11.6 Å². The van der Waals surface area contributed by atoms with E-state index in [1.54, 1.807) is 53.4 Å². The summed E-state index contributed by atoms with van der Waals surface area (Å²) in [4.78, 5) is 32.0. The molecule has 6 nitrogen and oxygen atoms in total. The zero-order valence-electron chi connectivity index (χ0n) is 22.4. The summed E-state index contributed by atoms with van der Waals surface area (Å²) in [5.41, 5.74) is 2.13. The maximum atomic E-state index is 13.8. The molecule has 3 aromatic carbocycles. The molecule has 204 valence electrons. The average Bonchev–Trinajstić information content (AvgIpc) is 3.00. The number of hydrogen-bond donors (Lipinski definition) is 1. The predicted molar refractivity (Wildman–Crippen MR) is 156 cm³/mol. The van der Waals surface area contributed by atoms with Gasteiger partial charge in [0.05, 0.1) is 38.4 Å². The van der Waals surface area contributed by atoms with Gasteiger partial charge in [-0.25, -0.2) is 4.21 Å². The second-order valence-corrected chi connectivity index (χ2v) is 12.6. The molecular weight excluding hydrogens is 530 g/mol. The summed E-state index contributed by atoms with van der Waals surface area (Å²) in [6.45, 7) is 8.58. The molecule has 39 heavy (non-hydrogen) atoms. The number of piperidine rings is 1. The molecule has 0 radical (unpaired) electrons. The number of likely N-dealkylation sites (tertiary alicyclic amines) is 1. The van der Waals surface area contributed by atoms with Gasteiger partial charge in [-0.1, -0.05) is 49.7 Å². The molecule has 1 N–H and O–H groups in total. The van der Waals surface area contributed by atoms with Gasteiger partial charge in [0.25, 0.3) is 11.8 Å². The highest BCUT2D eigenvalue weighted by Crippen LogP contribution is 2.36. The zero-order valence-corrected chi connectivity index (χ0v) is 23.9. The van der Waals surface area contributed by atoms with Crippen LogP contribution in [0.4, 0.5) is 5.69 Å². The number of hydrogen-bond acceptors (Lipinski definition) is 4. The first kappa shape index (κ1) is 27.6. The van der Waals surface area contributed by atoms with Crippen LogP contribution in [-0.2, 0) is 17.3 Å². The molecule has 1 saturated heterocycles. The van der Waals surface area contributed by atoms with E-state index in [9.17, 15) is 13.8 Å². The maximum Gasteiger partial charge on any atom is 0.259 e. The summed E-state index contributed by atoms with van der Waals surface area (Å²) in [6, 6.07) is 19.4. The highest BCUT2D eigenvalue weighted by molar-refractivity contribution is 7.85. The van der Waals surface area contributed by atoms with Crippen molar-refractivity contribution in [2.24, 2.45) is 11.8 Å². The largest absolute Gasteiger partial charge is 0.352 e. The van der Waals surface area contributed by atoms with Crippen molar-refractivity contribution in [3.8, 4) is 0 Å². The minimum atomic E-state index is -1.57. The van der Waals surface area contributed by atoms with E-state index in [1.165, 1.54) is 6.42 Å². The Morgan fingerprint density at radius 3 is 2.54 bits per heavy atom. The number of anilines is 1. The fraction of sp³-hybridized carbons (Fsp3) is 0.355. The van der Waals surface area contributed by atoms with Crippen molar-refractivity contribution in [3.63, 3.8) is 0 Å². The summed E-state index contributed by atoms with van der Waals surface area (Å²) >= 11 is 6.22. The Labute approximate surface area is 237 Å². The van der Waals surface area contributed by atoms with E-state index in [1.807, 2.05) is 18.2 Å². The Morgan fingerprint density at radius 1 is 1.00 bits per heavy atom. The molecule has 2 aliphatic rings. The number of rotatable bonds is 7. The molecule has 0 unspecified atom stereocenters. The van der Waals surface area contributed by atoms with Crippen molar-refractivity contribution in [1.82, 2.24) is 10.2 Å². The van der Waals surface area contributed by atoms with Crippen LogP contribution in [0.1, 0.15) is 53.0 Å². The van der Waals surface area contributed by atoms with E-state index < -0.39 is 10.8 Å². The van der Waals surface area contributed by atoms with Gasteiger partial charge in [-0.2, -0.15) is 0 Å². The number of nitrogens with zero attached hydrogens (tertiary/aromatic N) is 2. The number of amides is 2. The van der Waals surface area contributed by atoms with E-state index >= 15 is 0 Å². The van der Waals surface area contributed by atoms with Gasteiger partial charge < -0.3 is 15.1 Å². The third-order valence-electron chi connectivity index (χ3n) is 7.38. The molecule has 1 fully saturated rings. The average molecular weight is 564 g/mol. The van der Waals surface area contributed by atoms with Gasteiger partial charge in [-0.15, -0.1) is 0 Å². The summed E-state index contributed by atoms with van der Waals surface area (Å²) in [6.07, 6.45) is 2.15. The molecule has 0 aliphatic carbocycles. The topological polar surface area (TPSA) is 69.7 Å². The number of halogens is 1. The van der Waals surface area contributed by atoms with Crippen LogP contribution in [0.5, 0.6) is 0 Å². The summed E-state index contributed by atoms with van der Waals surface area (Å²) < 4.78 is 13.6. The lowest BCUT2D eigenvalue weighted by molar-refractivity contribution is 0.0944. The Balaban J connectivity index is 1.37. The summed E-state index contributed by atoms with van der Waals surface area (Å²) in [7, 11) is -1.57. The third-order valence-corrected chi connectivity index (χ3v) is 9.12. The molecular formula is C31H34ClN3O3S. The second-order valence-electron chi connectivity index (χ2n) is 10.8. The molecule has 2 amide bonds. The summed E-state index contributed by atoms with van der Waals surface area (Å²) in [5.74, 6) is 0.940. The lowest BCUT2D eigenvalue weighted by atomic mass is 9.92. The van der Waals surface area contributed by atoms with Gasteiger partial charge in [-0.05, 0) is 79.3 Å². The lowest BCUT2D eigenvalue weighted by Crippen LogP contribution is -2.40. The van der Waals surface area contributed by atoms with Crippen molar-refractivity contribution in [2.45, 2.75) is 43.0 Å². The smallest absolute Gasteiger partial charge is 0.259 e. The SMILES string of the molecule is C[C@@H]1C[C@H](C)CN(CCCNC(=O)c2ccc3c(c2)N(Cc2cccc(Cl)c2)C(=O)c2ccccc2[S@]3=O)C1. The molecule has 0 bridgehead atoms. The zero-order chi connectivity index (χ0) is 27.5. The van der Waals surface area contributed by atoms with Crippen LogP contribution in [0.3, 0.4) is 0 Å². The van der Waals surface area contributed by atoms with Crippen LogP contribution in [0.25, 0.3) is 0 Å². The van der Waals surface area contributed by atoms with Crippen molar-refractivity contribution >= 4 is 39.9 Å². The molecule has 5 rings (SSSR count). The van der Waals surface area contributed by atoms with Crippen LogP contribution in [-0.4, -0.2) is 47.1 Å². The van der Waals surface area contributed by atoms with Gasteiger partial charge in [-0.3, -0.25) is 9.59 Å². The van der Waals surface area contributed by atoms with E-state index in [0.29, 0.717) is 50.0 Å². The number of nitrogens with one attached hydrogen (secondary N) is 1. The van der Waals surface area contributed by atoms with Gasteiger partial charge >= 0.3 is 0 Å². The van der Waals surface area contributed by atoms with Gasteiger partial charge in [0.15, 0.2) is 0 Å². The third kappa shape index (κ3) is 6.26. The number of carbonyl (C=O) groups excluding carboxylic acids is 2. The maximum absolute atomic E-state index is 13.8. The lowest BCUT2D eigenvalue weighted by Gasteiger charge is -2.34. The Kier molecular flexibility index (Phi) is 8.50.